The van der Waals surface area contributed by atoms with E-state index in [-0.39, 0.29) is 11.3 Å². The summed E-state index contributed by atoms with van der Waals surface area (Å²) in [6.07, 6.45) is 2.88. The van der Waals surface area contributed by atoms with Crippen molar-refractivity contribution in [2.24, 2.45) is 12.5 Å². The highest BCUT2D eigenvalue weighted by Gasteiger charge is 2.32. The number of nitrogens with zero attached hydrogens (tertiary/aromatic N) is 3. The Morgan fingerprint density at radius 2 is 2.27 bits per heavy atom. The molecule has 4 nitrogen and oxygen atoms in total. The first-order chi connectivity index (χ1) is 6.98. The summed E-state index contributed by atoms with van der Waals surface area (Å²) in [5, 5.41) is 4.13. The molecule has 4 heteroatoms. The molecule has 0 unspecified atom stereocenters. The first kappa shape index (κ1) is 10.2. The second-order valence-electron chi connectivity index (χ2n) is 5.02. The normalized spacial score (nSPS) is 19.5. The molecule has 0 atom stereocenters. The molecule has 0 aliphatic carbocycles. The molecule has 0 radical (unpaired) electrons. The Hall–Kier alpha value is -1.32. The van der Waals surface area contributed by atoms with Crippen LogP contribution in [0.5, 0.6) is 0 Å². The third kappa shape index (κ3) is 2.03. The van der Waals surface area contributed by atoms with Crippen molar-refractivity contribution >= 4 is 5.91 Å². The van der Waals surface area contributed by atoms with E-state index >= 15 is 0 Å². The van der Waals surface area contributed by atoms with E-state index in [4.69, 9.17) is 0 Å². The molecule has 1 fully saturated rings. The number of hydrogen-bond acceptors (Lipinski definition) is 2. The monoisotopic (exact) mass is 207 g/mol. The molecular formula is C11H17N3O. The van der Waals surface area contributed by atoms with Gasteiger partial charge in [0, 0.05) is 26.3 Å². The maximum atomic E-state index is 12.0. The molecule has 15 heavy (non-hydrogen) atoms. The van der Waals surface area contributed by atoms with Crippen LogP contribution in [0.15, 0.2) is 12.3 Å². The maximum Gasteiger partial charge on any atom is 0.274 e. The van der Waals surface area contributed by atoms with Gasteiger partial charge in [-0.25, -0.2) is 0 Å². The molecule has 1 aromatic rings. The van der Waals surface area contributed by atoms with Crippen LogP contribution < -0.4 is 0 Å². The van der Waals surface area contributed by atoms with Crippen LogP contribution in [0.2, 0.25) is 0 Å². The molecule has 0 N–H and O–H groups in total. The summed E-state index contributed by atoms with van der Waals surface area (Å²) < 4.78 is 1.66. The molecule has 0 aromatic carbocycles. The van der Waals surface area contributed by atoms with Crippen molar-refractivity contribution in [1.29, 1.82) is 0 Å². The van der Waals surface area contributed by atoms with Crippen LogP contribution in [-0.2, 0) is 7.05 Å². The van der Waals surface area contributed by atoms with Crippen LogP contribution in [-0.4, -0.2) is 33.7 Å². The molecule has 1 amide bonds. The van der Waals surface area contributed by atoms with E-state index in [9.17, 15) is 4.79 Å². The smallest absolute Gasteiger partial charge is 0.274 e. The molecule has 2 heterocycles. The van der Waals surface area contributed by atoms with Crippen molar-refractivity contribution in [2.45, 2.75) is 20.3 Å². The lowest BCUT2D eigenvalue weighted by Gasteiger charge is -2.18. The van der Waals surface area contributed by atoms with E-state index in [0.717, 1.165) is 19.5 Å². The van der Waals surface area contributed by atoms with E-state index in [1.54, 1.807) is 16.9 Å². The topological polar surface area (TPSA) is 38.1 Å². The molecule has 0 saturated carbocycles. The highest BCUT2D eigenvalue weighted by molar-refractivity contribution is 5.92. The fourth-order valence-corrected chi connectivity index (χ4v) is 1.98. The highest BCUT2D eigenvalue weighted by Crippen LogP contribution is 2.29. The number of aryl methyl sites for hydroxylation is 1. The zero-order valence-electron chi connectivity index (χ0n) is 9.53. The Morgan fingerprint density at radius 3 is 2.73 bits per heavy atom. The number of carbonyl (C=O) groups excluding carboxylic acids is 1. The van der Waals surface area contributed by atoms with Gasteiger partial charge < -0.3 is 4.90 Å². The Morgan fingerprint density at radius 1 is 1.53 bits per heavy atom. The Kier molecular flexibility index (Phi) is 2.29. The number of hydrogen-bond donors (Lipinski definition) is 0. The minimum absolute atomic E-state index is 0.0566. The van der Waals surface area contributed by atoms with Gasteiger partial charge in [-0.3, -0.25) is 9.48 Å². The van der Waals surface area contributed by atoms with E-state index in [0.29, 0.717) is 5.69 Å². The largest absolute Gasteiger partial charge is 0.337 e. The van der Waals surface area contributed by atoms with E-state index in [2.05, 4.69) is 18.9 Å². The van der Waals surface area contributed by atoms with Gasteiger partial charge in [0.15, 0.2) is 0 Å². The van der Waals surface area contributed by atoms with Crippen LogP contribution >= 0.6 is 0 Å². The number of amides is 1. The fraction of sp³-hybridized carbons (Fsp3) is 0.636. The number of carbonyl (C=O) groups is 1. The molecule has 1 saturated heterocycles. The predicted octanol–water partition coefficient (Wildman–Crippen LogP) is 1.29. The molecule has 0 bridgehead atoms. The van der Waals surface area contributed by atoms with Gasteiger partial charge in [-0.05, 0) is 17.9 Å². The van der Waals surface area contributed by atoms with Crippen molar-refractivity contribution in [3.05, 3.63) is 18.0 Å². The van der Waals surface area contributed by atoms with Gasteiger partial charge in [0.05, 0.1) is 0 Å². The quantitative estimate of drug-likeness (QED) is 0.696. The third-order valence-electron chi connectivity index (χ3n) is 2.90. The molecule has 1 aromatic heterocycles. The van der Waals surface area contributed by atoms with Crippen molar-refractivity contribution in [2.75, 3.05) is 13.1 Å². The van der Waals surface area contributed by atoms with E-state index in [1.807, 2.05) is 11.9 Å². The van der Waals surface area contributed by atoms with Crippen LogP contribution in [0.4, 0.5) is 0 Å². The first-order valence-corrected chi connectivity index (χ1v) is 5.27. The standard InChI is InChI=1S/C11H17N3O/c1-11(2)5-7-14(8-11)10(15)9-4-6-13(3)12-9/h4,6H,5,7-8H2,1-3H3. The van der Waals surface area contributed by atoms with Crippen molar-refractivity contribution < 1.29 is 4.79 Å². The van der Waals surface area contributed by atoms with Crippen LogP contribution in [0.25, 0.3) is 0 Å². The van der Waals surface area contributed by atoms with Gasteiger partial charge in [-0.2, -0.15) is 5.10 Å². The lowest BCUT2D eigenvalue weighted by Crippen LogP contribution is -2.30. The SMILES string of the molecule is Cn1ccc(C(=O)N2CCC(C)(C)C2)n1. The average molecular weight is 207 g/mol. The van der Waals surface area contributed by atoms with E-state index in [1.165, 1.54) is 0 Å². The zero-order valence-corrected chi connectivity index (χ0v) is 9.53. The second-order valence-corrected chi connectivity index (χ2v) is 5.02. The van der Waals surface area contributed by atoms with Crippen molar-refractivity contribution in [3.63, 3.8) is 0 Å². The number of rotatable bonds is 1. The van der Waals surface area contributed by atoms with Crippen molar-refractivity contribution in [1.82, 2.24) is 14.7 Å². The van der Waals surface area contributed by atoms with Gasteiger partial charge >= 0.3 is 0 Å². The van der Waals surface area contributed by atoms with Gasteiger partial charge in [0.2, 0.25) is 0 Å². The van der Waals surface area contributed by atoms with Crippen molar-refractivity contribution in [3.8, 4) is 0 Å². The Bertz CT molecular complexity index is 381. The summed E-state index contributed by atoms with van der Waals surface area (Å²) in [5.41, 5.74) is 0.806. The first-order valence-electron chi connectivity index (χ1n) is 5.27. The fourth-order valence-electron chi connectivity index (χ4n) is 1.98. The molecule has 0 spiro atoms. The lowest BCUT2D eigenvalue weighted by molar-refractivity contribution is 0.0771. The molecule has 2 rings (SSSR count). The minimum atomic E-state index is 0.0566. The van der Waals surface area contributed by atoms with Gasteiger partial charge in [0.1, 0.15) is 5.69 Å². The second kappa shape index (κ2) is 3.36. The predicted molar refractivity (Wildman–Crippen MR) is 57.5 cm³/mol. The van der Waals surface area contributed by atoms with E-state index < -0.39 is 0 Å². The number of likely N-dealkylation sites (tertiary alicyclic amines) is 1. The van der Waals surface area contributed by atoms with Crippen LogP contribution in [0, 0.1) is 5.41 Å². The molecule has 1 aliphatic rings. The molecule has 82 valence electrons. The molecular weight excluding hydrogens is 190 g/mol. The summed E-state index contributed by atoms with van der Waals surface area (Å²) >= 11 is 0. The highest BCUT2D eigenvalue weighted by atomic mass is 16.2. The maximum absolute atomic E-state index is 12.0. The average Bonchev–Trinajstić information content (AvgIpc) is 2.71. The third-order valence-corrected chi connectivity index (χ3v) is 2.90. The summed E-state index contributed by atoms with van der Waals surface area (Å²) in [6.45, 7) is 6.07. The number of aromatic nitrogens is 2. The van der Waals surface area contributed by atoms with Crippen LogP contribution in [0.1, 0.15) is 30.8 Å². The minimum Gasteiger partial charge on any atom is -0.337 e. The Labute approximate surface area is 89.9 Å². The van der Waals surface area contributed by atoms with Gasteiger partial charge in [0.25, 0.3) is 5.91 Å². The lowest BCUT2D eigenvalue weighted by atomic mass is 9.93. The zero-order chi connectivity index (χ0) is 11.1. The summed E-state index contributed by atoms with van der Waals surface area (Å²) in [6, 6.07) is 1.77. The summed E-state index contributed by atoms with van der Waals surface area (Å²) in [5.74, 6) is 0.0566. The summed E-state index contributed by atoms with van der Waals surface area (Å²) in [7, 11) is 1.82. The van der Waals surface area contributed by atoms with Gasteiger partial charge in [-0.1, -0.05) is 13.8 Å². The van der Waals surface area contributed by atoms with Crippen LogP contribution in [0.3, 0.4) is 0 Å². The molecule has 1 aliphatic heterocycles. The Balaban J connectivity index is 2.10. The van der Waals surface area contributed by atoms with Gasteiger partial charge in [-0.15, -0.1) is 0 Å². The summed E-state index contributed by atoms with van der Waals surface area (Å²) in [4.78, 5) is 13.9.